The Kier molecular flexibility index (Phi) is 7.55. The van der Waals surface area contributed by atoms with Crippen molar-refractivity contribution in [2.45, 2.75) is 87.8 Å². The molecule has 0 saturated carbocycles. The molecule has 0 aliphatic carbocycles. The summed E-state index contributed by atoms with van der Waals surface area (Å²) in [5, 5.41) is 68.8. The normalized spacial score (nSPS) is 46.4. The second-order valence-corrected chi connectivity index (χ2v) is 7.78. The molecule has 2 heterocycles. The number of rotatable bonds is 5. The molecule has 7 N–H and O–H groups in total. The van der Waals surface area contributed by atoms with E-state index in [1.54, 1.807) is 20.8 Å². The molecule has 10 atom stereocenters. The Morgan fingerprint density at radius 1 is 0.704 bits per heavy atom. The van der Waals surface area contributed by atoms with Gasteiger partial charge in [0.25, 0.3) is 0 Å². The van der Waals surface area contributed by atoms with Gasteiger partial charge in [0, 0.05) is 0 Å². The fourth-order valence-corrected chi connectivity index (χ4v) is 2.89. The average Bonchev–Trinajstić information content (AvgIpc) is 2.59. The molecule has 0 bridgehead atoms. The number of aliphatic hydroxyl groups excluding tert-OH is 7. The first kappa shape index (κ1) is 22.8. The van der Waals surface area contributed by atoms with E-state index in [0.29, 0.717) is 0 Å². The molecule has 0 amide bonds. The minimum atomic E-state index is -1.61. The van der Waals surface area contributed by atoms with Gasteiger partial charge < -0.3 is 54.7 Å². The van der Waals surface area contributed by atoms with Crippen LogP contribution in [-0.4, -0.2) is 116 Å². The van der Waals surface area contributed by atoms with Crippen LogP contribution in [0.15, 0.2) is 0 Å². The van der Waals surface area contributed by atoms with Crippen LogP contribution in [0.2, 0.25) is 0 Å². The van der Waals surface area contributed by atoms with Gasteiger partial charge in [0.1, 0.15) is 48.8 Å². The first-order valence-electron chi connectivity index (χ1n) is 8.76. The minimum absolute atomic E-state index is 0.391. The van der Waals surface area contributed by atoms with Crippen molar-refractivity contribution in [3.05, 3.63) is 0 Å². The van der Waals surface area contributed by atoms with E-state index in [4.69, 9.17) is 18.9 Å². The third kappa shape index (κ3) is 5.34. The lowest BCUT2D eigenvalue weighted by Crippen LogP contribution is -2.62. The zero-order valence-electron chi connectivity index (χ0n) is 15.5. The molecule has 2 fully saturated rings. The van der Waals surface area contributed by atoms with Gasteiger partial charge in [-0.05, 0) is 20.8 Å². The van der Waals surface area contributed by atoms with Gasteiger partial charge in [-0.1, -0.05) is 0 Å². The van der Waals surface area contributed by atoms with Crippen LogP contribution in [0, 0.1) is 0 Å². The highest BCUT2D eigenvalue weighted by molar-refractivity contribution is 4.92. The predicted molar refractivity (Wildman–Crippen MR) is 87.2 cm³/mol. The standard InChI is InChI=1S/C16H30O11/c1-16(2,3)27-15-13(23)11(21)9(19)7(26-15)5-24-14-12(22)10(20)8(18)6(4-17)25-14/h6-15,17-23H,4-5H2,1-3H3/t6?,7?,8-,9+,10-,11-,12?,13?,14-,15-/m0/s1. The van der Waals surface area contributed by atoms with Gasteiger partial charge in [-0.2, -0.15) is 0 Å². The van der Waals surface area contributed by atoms with Crippen molar-refractivity contribution < 1.29 is 54.7 Å². The van der Waals surface area contributed by atoms with Crippen LogP contribution in [-0.2, 0) is 18.9 Å². The molecule has 160 valence electrons. The molecule has 11 nitrogen and oxygen atoms in total. The Morgan fingerprint density at radius 3 is 1.70 bits per heavy atom. The zero-order chi connectivity index (χ0) is 20.5. The number of ether oxygens (including phenoxy) is 4. The lowest BCUT2D eigenvalue weighted by atomic mass is 9.98. The lowest BCUT2D eigenvalue weighted by molar-refractivity contribution is -0.340. The highest BCUT2D eigenvalue weighted by Crippen LogP contribution is 2.27. The van der Waals surface area contributed by atoms with Crippen molar-refractivity contribution in [2.75, 3.05) is 13.2 Å². The Hall–Kier alpha value is -0.440. The van der Waals surface area contributed by atoms with Crippen molar-refractivity contribution in [3.63, 3.8) is 0 Å². The van der Waals surface area contributed by atoms with Crippen LogP contribution in [0.25, 0.3) is 0 Å². The summed E-state index contributed by atoms with van der Waals surface area (Å²) in [5.74, 6) is 0. The summed E-state index contributed by atoms with van der Waals surface area (Å²) in [6, 6.07) is 0. The molecular weight excluding hydrogens is 368 g/mol. The first-order valence-corrected chi connectivity index (χ1v) is 8.76. The molecule has 0 aromatic heterocycles. The molecule has 4 unspecified atom stereocenters. The first-order chi connectivity index (χ1) is 12.5. The van der Waals surface area contributed by atoms with E-state index in [9.17, 15) is 35.7 Å². The molecule has 2 aliphatic heterocycles. The lowest BCUT2D eigenvalue weighted by Gasteiger charge is -2.43. The van der Waals surface area contributed by atoms with Crippen molar-refractivity contribution in [2.24, 2.45) is 0 Å². The molecular formula is C16H30O11. The second kappa shape index (κ2) is 8.93. The summed E-state index contributed by atoms with van der Waals surface area (Å²) in [6.07, 6.45) is -14.2. The summed E-state index contributed by atoms with van der Waals surface area (Å²) >= 11 is 0. The van der Waals surface area contributed by atoms with Crippen LogP contribution in [0.5, 0.6) is 0 Å². The Morgan fingerprint density at radius 2 is 1.19 bits per heavy atom. The summed E-state index contributed by atoms with van der Waals surface area (Å²) in [7, 11) is 0. The van der Waals surface area contributed by atoms with Gasteiger partial charge >= 0.3 is 0 Å². The number of hydrogen-bond donors (Lipinski definition) is 7. The monoisotopic (exact) mass is 398 g/mol. The van der Waals surface area contributed by atoms with E-state index < -0.39 is 80.2 Å². The molecule has 0 aromatic carbocycles. The fourth-order valence-electron chi connectivity index (χ4n) is 2.89. The molecule has 0 spiro atoms. The molecule has 2 aliphatic rings. The highest BCUT2D eigenvalue weighted by Gasteiger charge is 2.48. The molecule has 0 radical (unpaired) electrons. The summed E-state index contributed by atoms with van der Waals surface area (Å²) < 4.78 is 21.5. The third-order valence-electron chi connectivity index (χ3n) is 4.41. The fraction of sp³-hybridized carbons (Fsp3) is 1.00. The van der Waals surface area contributed by atoms with Gasteiger partial charge in [0.15, 0.2) is 12.6 Å². The van der Waals surface area contributed by atoms with Crippen LogP contribution in [0.4, 0.5) is 0 Å². The highest BCUT2D eigenvalue weighted by atomic mass is 16.7. The van der Waals surface area contributed by atoms with E-state index in [0.717, 1.165) is 0 Å². The summed E-state index contributed by atoms with van der Waals surface area (Å²) in [5.41, 5.74) is -0.698. The maximum absolute atomic E-state index is 10.1. The Labute approximate surface area is 156 Å². The topological polar surface area (TPSA) is 179 Å². The largest absolute Gasteiger partial charge is 0.394 e. The van der Waals surface area contributed by atoms with E-state index in [1.807, 2.05) is 0 Å². The third-order valence-corrected chi connectivity index (χ3v) is 4.41. The van der Waals surface area contributed by atoms with Gasteiger partial charge in [-0.3, -0.25) is 0 Å². The Balaban J connectivity index is 2.00. The smallest absolute Gasteiger partial charge is 0.187 e. The quantitative estimate of drug-likeness (QED) is 0.243. The second-order valence-electron chi connectivity index (χ2n) is 7.78. The van der Waals surface area contributed by atoms with Crippen LogP contribution < -0.4 is 0 Å². The van der Waals surface area contributed by atoms with E-state index in [2.05, 4.69) is 0 Å². The number of hydrogen-bond acceptors (Lipinski definition) is 11. The average molecular weight is 398 g/mol. The zero-order valence-corrected chi connectivity index (χ0v) is 15.5. The predicted octanol–water partition coefficient (Wildman–Crippen LogP) is -3.57. The molecule has 11 heteroatoms. The van der Waals surface area contributed by atoms with Gasteiger partial charge in [-0.15, -0.1) is 0 Å². The SMILES string of the molecule is CC(C)(C)O[C@@H]1OC(CO[C@H]2OC(CO)[C@H](O)[C@H](O)C2O)[C@@H](O)[C@H](O)C1O. The maximum atomic E-state index is 10.1. The molecule has 27 heavy (non-hydrogen) atoms. The van der Waals surface area contributed by atoms with Gasteiger partial charge in [0.2, 0.25) is 0 Å². The Bertz CT molecular complexity index is 468. The molecule has 0 aromatic rings. The number of aliphatic hydroxyl groups is 7. The van der Waals surface area contributed by atoms with E-state index in [-0.39, 0.29) is 0 Å². The summed E-state index contributed by atoms with van der Waals surface area (Å²) in [4.78, 5) is 0. The van der Waals surface area contributed by atoms with Crippen molar-refractivity contribution in [1.29, 1.82) is 0 Å². The van der Waals surface area contributed by atoms with E-state index >= 15 is 0 Å². The van der Waals surface area contributed by atoms with Crippen LogP contribution >= 0.6 is 0 Å². The van der Waals surface area contributed by atoms with Crippen molar-refractivity contribution in [3.8, 4) is 0 Å². The van der Waals surface area contributed by atoms with Gasteiger partial charge in [0.05, 0.1) is 18.8 Å². The molecule has 2 rings (SSSR count). The van der Waals surface area contributed by atoms with E-state index in [1.165, 1.54) is 0 Å². The van der Waals surface area contributed by atoms with Crippen molar-refractivity contribution >= 4 is 0 Å². The van der Waals surface area contributed by atoms with Gasteiger partial charge in [-0.25, -0.2) is 0 Å². The summed E-state index contributed by atoms with van der Waals surface area (Å²) in [6.45, 7) is 4.16. The van der Waals surface area contributed by atoms with Crippen LogP contribution in [0.1, 0.15) is 20.8 Å². The minimum Gasteiger partial charge on any atom is -0.394 e. The van der Waals surface area contributed by atoms with Crippen molar-refractivity contribution in [1.82, 2.24) is 0 Å². The maximum Gasteiger partial charge on any atom is 0.187 e. The molecule has 2 saturated heterocycles. The van der Waals surface area contributed by atoms with Crippen LogP contribution in [0.3, 0.4) is 0 Å².